The van der Waals surface area contributed by atoms with Gasteiger partial charge < -0.3 is 19.7 Å². The monoisotopic (exact) mass is 409 g/mol. The molecule has 1 unspecified atom stereocenters. The van der Waals surface area contributed by atoms with E-state index in [2.05, 4.69) is 10.2 Å². The van der Waals surface area contributed by atoms with Crippen LogP contribution in [0.1, 0.15) is 28.4 Å². The first-order valence-corrected chi connectivity index (χ1v) is 10.3. The van der Waals surface area contributed by atoms with E-state index in [1.165, 1.54) is 0 Å². The van der Waals surface area contributed by atoms with Gasteiger partial charge >= 0.3 is 0 Å². The van der Waals surface area contributed by atoms with Crippen LogP contribution in [-0.4, -0.2) is 68.1 Å². The van der Waals surface area contributed by atoms with Crippen molar-refractivity contribution < 1.29 is 19.1 Å². The average molecular weight is 409 g/mol. The maximum absolute atomic E-state index is 12.8. The van der Waals surface area contributed by atoms with E-state index >= 15 is 0 Å². The van der Waals surface area contributed by atoms with Gasteiger partial charge in [-0.3, -0.25) is 14.5 Å². The Kier molecular flexibility index (Phi) is 6.18. The molecule has 1 fully saturated rings. The van der Waals surface area contributed by atoms with Crippen molar-refractivity contribution in [2.45, 2.75) is 12.5 Å². The smallest absolute Gasteiger partial charge is 0.252 e. The number of rotatable bonds is 7. The lowest BCUT2D eigenvalue weighted by Gasteiger charge is -2.35. The maximum atomic E-state index is 12.8. The Morgan fingerprint density at radius 3 is 2.63 bits per heavy atom. The number of ether oxygens (including phenoxy) is 2. The standard InChI is InChI=1S/C23H27N3O4/c1-29-17-5-4-6-18(15-17)30-14-13-25-9-11-26(12-10-25)22(27)16-21-19-7-2-3-8-20(19)23(28)24-21/h2-8,15,21H,9-14,16H2,1H3,(H,24,28). The molecule has 0 saturated carbocycles. The first kappa shape index (κ1) is 20.2. The van der Waals surface area contributed by atoms with Crippen molar-refractivity contribution in [3.8, 4) is 11.5 Å². The van der Waals surface area contributed by atoms with Crippen molar-refractivity contribution >= 4 is 11.8 Å². The van der Waals surface area contributed by atoms with Crippen LogP contribution in [0, 0.1) is 0 Å². The summed E-state index contributed by atoms with van der Waals surface area (Å²) in [7, 11) is 1.64. The van der Waals surface area contributed by atoms with Gasteiger partial charge in [0.2, 0.25) is 5.91 Å². The molecule has 0 spiro atoms. The van der Waals surface area contributed by atoms with Gasteiger partial charge in [0.05, 0.1) is 19.6 Å². The van der Waals surface area contributed by atoms with Crippen molar-refractivity contribution in [3.63, 3.8) is 0 Å². The molecule has 2 aromatic rings. The molecule has 2 heterocycles. The summed E-state index contributed by atoms with van der Waals surface area (Å²) in [5, 5.41) is 2.93. The van der Waals surface area contributed by atoms with E-state index in [0.717, 1.165) is 36.7 Å². The number of carbonyl (C=O) groups excluding carboxylic acids is 2. The number of hydrogen-bond acceptors (Lipinski definition) is 5. The molecular formula is C23H27N3O4. The third-order valence-electron chi connectivity index (χ3n) is 5.71. The van der Waals surface area contributed by atoms with Crippen LogP contribution in [-0.2, 0) is 4.79 Å². The van der Waals surface area contributed by atoms with Crippen molar-refractivity contribution in [2.24, 2.45) is 0 Å². The fourth-order valence-corrected chi connectivity index (χ4v) is 3.99. The molecule has 158 valence electrons. The first-order chi connectivity index (χ1) is 14.6. The number of piperazine rings is 1. The lowest BCUT2D eigenvalue weighted by Crippen LogP contribution is -2.50. The zero-order valence-corrected chi connectivity index (χ0v) is 17.2. The van der Waals surface area contributed by atoms with Crippen LogP contribution in [0.25, 0.3) is 0 Å². The summed E-state index contributed by atoms with van der Waals surface area (Å²) in [5.41, 5.74) is 1.60. The fraction of sp³-hybridized carbons (Fsp3) is 0.391. The van der Waals surface area contributed by atoms with Gasteiger partial charge in [-0.15, -0.1) is 0 Å². The molecule has 1 saturated heterocycles. The van der Waals surface area contributed by atoms with Crippen LogP contribution in [0.15, 0.2) is 48.5 Å². The van der Waals surface area contributed by atoms with Gasteiger partial charge in [-0.2, -0.15) is 0 Å². The lowest BCUT2D eigenvalue weighted by atomic mass is 10.0. The van der Waals surface area contributed by atoms with Crippen LogP contribution in [0.2, 0.25) is 0 Å². The van der Waals surface area contributed by atoms with Gasteiger partial charge in [0.15, 0.2) is 0 Å². The molecule has 0 aliphatic carbocycles. The summed E-state index contributed by atoms with van der Waals surface area (Å²) < 4.78 is 11.0. The van der Waals surface area contributed by atoms with Gasteiger partial charge in [-0.25, -0.2) is 0 Å². The van der Waals surface area contributed by atoms with E-state index in [-0.39, 0.29) is 17.9 Å². The van der Waals surface area contributed by atoms with E-state index in [0.29, 0.717) is 31.7 Å². The van der Waals surface area contributed by atoms with E-state index in [1.807, 2.05) is 53.4 Å². The quantitative estimate of drug-likeness (QED) is 0.758. The van der Waals surface area contributed by atoms with Crippen LogP contribution in [0.3, 0.4) is 0 Å². The molecule has 2 aromatic carbocycles. The van der Waals surface area contributed by atoms with E-state index in [1.54, 1.807) is 7.11 Å². The number of benzene rings is 2. The number of nitrogens with zero attached hydrogens (tertiary/aromatic N) is 2. The Bertz CT molecular complexity index is 909. The molecule has 2 aliphatic heterocycles. The van der Waals surface area contributed by atoms with Crippen LogP contribution >= 0.6 is 0 Å². The molecule has 2 amide bonds. The number of methoxy groups -OCH3 is 1. The van der Waals surface area contributed by atoms with E-state index < -0.39 is 0 Å². The number of nitrogens with one attached hydrogen (secondary N) is 1. The molecule has 0 aromatic heterocycles. The minimum atomic E-state index is -0.226. The second kappa shape index (κ2) is 9.17. The third-order valence-corrected chi connectivity index (χ3v) is 5.71. The van der Waals surface area contributed by atoms with Crippen molar-refractivity contribution in [1.29, 1.82) is 0 Å². The highest BCUT2D eigenvalue weighted by Crippen LogP contribution is 2.28. The average Bonchev–Trinajstić information content (AvgIpc) is 3.10. The maximum Gasteiger partial charge on any atom is 0.252 e. The van der Waals surface area contributed by atoms with E-state index in [4.69, 9.17) is 9.47 Å². The Morgan fingerprint density at radius 2 is 1.83 bits per heavy atom. The van der Waals surface area contributed by atoms with Crippen molar-refractivity contribution in [1.82, 2.24) is 15.1 Å². The van der Waals surface area contributed by atoms with Gasteiger partial charge in [0.1, 0.15) is 18.1 Å². The second-order valence-electron chi connectivity index (χ2n) is 7.57. The largest absolute Gasteiger partial charge is 0.497 e. The summed E-state index contributed by atoms with van der Waals surface area (Å²) in [6.45, 7) is 4.43. The van der Waals surface area contributed by atoms with Crippen LogP contribution < -0.4 is 14.8 Å². The lowest BCUT2D eigenvalue weighted by molar-refractivity contribution is -0.133. The predicted molar refractivity (Wildman–Crippen MR) is 113 cm³/mol. The topological polar surface area (TPSA) is 71.1 Å². The zero-order valence-electron chi connectivity index (χ0n) is 17.2. The van der Waals surface area contributed by atoms with Crippen LogP contribution in [0.5, 0.6) is 11.5 Å². The van der Waals surface area contributed by atoms with Crippen molar-refractivity contribution in [3.05, 3.63) is 59.7 Å². The summed E-state index contributed by atoms with van der Waals surface area (Å²) >= 11 is 0. The summed E-state index contributed by atoms with van der Waals surface area (Å²) in [6.07, 6.45) is 0.307. The summed E-state index contributed by atoms with van der Waals surface area (Å²) in [6, 6.07) is 14.8. The van der Waals surface area contributed by atoms with Gasteiger partial charge in [-0.05, 0) is 23.8 Å². The second-order valence-corrected chi connectivity index (χ2v) is 7.57. The molecule has 2 aliphatic rings. The van der Waals surface area contributed by atoms with Gasteiger partial charge in [0, 0.05) is 44.4 Å². The van der Waals surface area contributed by atoms with E-state index in [9.17, 15) is 9.59 Å². The number of carbonyl (C=O) groups is 2. The Labute approximate surface area is 176 Å². The molecule has 30 heavy (non-hydrogen) atoms. The minimum Gasteiger partial charge on any atom is -0.497 e. The SMILES string of the molecule is COc1cccc(OCCN2CCN(C(=O)CC3NC(=O)c4ccccc43)CC2)c1. The Morgan fingerprint density at radius 1 is 1.07 bits per heavy atom. The Hall–Kier alpha value is -3.06. The molecule has 0 radical (unpaired) electrons. The highest BCUT2D eigenvalue weighted by atomic mass is 16.5. The molecule has 7 heteroatoms. The number of fused-ring (bicyclic) bond motifs is 1. The highest BCUT2D eigenvalue weighted by Gasteiger charge is 2.31. The fourth-order valence-electron chi connectivity index (χ4n) is 3.99. The summed E-state index contributed by atoms with van der Waals surface area (Å²) in [5.74, 6) is 1.57. The molecule has 1 N–H and O–H groups in total. The van der Waals surface area contributed by atoms with Gasteiger partial charge in [0.25, 0.3) is 5.91 Å². The van der Waals surface area contributed by atoms with Gasteiger partial charge in [-0.1, -0.05) is 24.3 Å². The van der Waals surface area contributed by atoms with Crippen LogP contribution in [0.4, 0.5) is 0 Å². The molecule has 0 bridgehead atoms. The molecule has 1 atom stereocenters. The first-order valence-electron chi connectivity index (χ1n) is 10.3. The molecular weight excluding hydrogens is 382 g/mol. The highest BCUT2D eigenvalue weighted by molar-refractivity contribution is 5.99. The zero-order chi connectivity index (χ0) is 20.9. The normalized spacial score (nSPS) is 18.6. The molecule has 4 rings (SSSR count). The number of hydrogen-bond donors (Lipinski definition) is 1. The van der Waals surface area contributed by atoms with Crippen molar-refractivity contribution in [2.75, 3.05) is 46.4 Å². The molecule has 7 nitrogen and oxygen atoms in total. The predicted octanol–water partition coefficient (Wildman–Crippen LogP) is 2.09. The number of amides is 2. The minimum absolute atomic E-state index is 0.0873. The summed E-state index contributed by atoms with van der Waals surface area (Å²) in [4.78, 5) is 29.0. The Balaban J connectivity index is 1.21. The third kappa shape index (κ3) is 4.57.